The van der Waals surface area contributed by atoms with E-state index >= 15 is 0 Å². The molecule has 2 aromatic rings. The fraction of sp³-hybridized carbons (Fsp3) is 0.357. The second kappa shape index (κ2) is 5.03. The van der Waals surface area contributed by atoms with Gasteiger partial charge in [0, 0.05) is 18.3 Å². The molecule has 0 unspecified atom stereocenters. The van der Waals surface area contributed by atoms with Crippen LogP contribution in [0.4, 0.5) is 0 Å². The summed E-state index contributed by atoms with van der Waals surface area (Å²) < 4.78 is 7.66. The molecule has 0 fully saturated rings. The van der Waals surface area contributed by atoms with Gasteiger partial charge in [-0.15, -0.1) is 0 Å². The molecule has 17 heavy (non-hydrogen) atoms. The van der Waals surface area contributed by atoms with E-state index in [-0.39, 0.29) is 6.10 Å². The quantitative estimate of drug-likeness (QED) is 0.807. The highest BCUT2D eigenvalue weighted by Gasteiger charge is 2.02. The van der Waals surface area contributed by atoms with Gasteiger partial charge in [0.05, 0.1) is 24.3 Å². The number of benzene rings is 1. The molecule has 0 spiro atoms. The lowest BCUT2D eigenvalue weighted by molar-refractivity contribution is 0.0733. The van der Waals surface area contributed by atoms with Crippen molar-refractivity contribution in [3.8, 4) is 6.07 Å². The third-order valence-corrected chi connectivity index (χ3v) is 2.69. The van der Waals surface area contributed by atoms with Gasteiger partial charge in [-0.1, -0.05) is 6.07 Å². The first kappa shape index (κ1) is 11.7. The topological polar surface area (TPSA) is 38.0 Å². The molecule has 1 aromatic heterocycles. The molecule has 0 saturated heterocycles. The first-order chi connectivity index (χ1) is 8.20. The molecule has 0 aliphatic heterocycles. The third-order valence-electron chi connectivity index (χ3n) is 2.69. The Hall–Kier alpha value is -1.79. The Balaban J connectivity index is 2.20. The minimum Gasteiger partial charge on any atom is -0.377 e. The lowest BCUT2D eigenvalue weighted by Crippen LogP contribution is -2.09. The SMILES string of the molecule is CC(C)OCCn1ccc2ccc(C#N)cc21. The van der Waals surface area contributed by atoms with Crippen molar-refractivity contribution < 1.29 is 4.74 Å². The normalized spacial score (nSPS) is 10.9. The molecule has 3 nitrogen and oxygen atoms in total. The summed E-state index contributed by atoms with van der Waals surface area (Å²) in [5, 5.41) is 10.1. The van der Waals surface area contributed by atoms with Crippen molar-refractivity contribution in [2.45, 2.75) is 26.5 Å². The van der Waals surface area contributed by atoms with Crippen LogP contribution >= 0.6 is 0 Å². The number of hydrogen-bond donors (Lipinski definition) is 0. The van der Waals surface area contributed by atoms with E-state index in [1.165, 1.54) is 0 Å². The summed E-state index contributed by atoms with van der Waals surface area (Å²) >= 11 is 0. The summed E-state index contributed by atoms with van der Waals surface area (Å²) in [6.45, 7) is 5.57. The number of nitriles is 1. The third kappa shape index (κ3) is 2.66. The van der Waals surface area contributed by atoms with Crippen LogP contribution in [-0.2, 0) is 11.3 Å². The van der Waals surface area contributed by atoms with E-state index in [0.717, 1.165) is 17.4 Å². The zero-order chi connectivity index (χ0) is 12.3. The van der Waals surface area contributed by atoms with Crippen LogP contribution in [0.3, 0.4) is 0 Å². The number of fused-ring (bicyclic) bond motifs is 1. The average molecular weight is 228 g/mol. The maximum atomic E-state index is 8.89. The fourth-order valence-electron chi connectivity index (χ4n) is 1.84. The second-order valence-corrected chi connectivity index (χ2v) is 4.31. The van der Waals surface area contributed by atoms with E-state index in [2.05, 4.69) is 16.7 Å². The molecule has 1 heterocycles. The molecular formula is C14H16N2O. The minimum atomic E-state index is 0.256. The molecule has 0 bridgehead atoms. The molecule has 0 aliphatic carbocycles. The Morgan fingerprint density at radius 3 is 2.88 bits per heavy atom. The Kier molecular flexibility index (Phi) is 3.46. The van der Waals surface area contributed by atoms with Crippen molar-refractivity contribution in [2.24, 2.45) is 0 Å². The average Bonchev–Trinajstić information content (AvgIpc) is 2.71. The van der Waals surface area contributed by atoms with E-state index in [9.17, 15) is 0 Å². The summed E-state index contributed by atoms with van der Waals surface area (Å²) in [4.78, 5) is 0. The number of hydrogen-bond acceptors (Lipinski definition) is 2. The maximum Gasteiger partial charge on any atom is 0.0992 e. The lowest BCUT2D eigenvalue weighted by Gasteiger charge is -2.09. The molecule has 0 N–H and O–H groups in total. The molecule has 0 amide bonds. The summed E-state index contributed by atoms with van der Waals surface area (Å²) in [6, 6.07) is 9.97. The summed E-state index contributed by atoms with van der Waals surface area (Å²) in [5.74, 6) is 0. The lowest BCUT2D eigenvalue weighted by atomic mass is 10.2. The second-order valence-electron chi connectivity index (χ2n) is 4.31. The van der Waals surface area contributed by atoms with Crippen LogP contribution in [0.15, 0.2) is 30.5 Å². The van der Waals surface area contributed by atoms with Gasteiger partial charge in [0.1, 0.15) is 0 Å². The van der Waals surface area contributed by atoms with Crippen molar-refractivity contribution >= 4 is 10.9 Å². The number of aromatic nitrogens is 1. The van der Waals surface area contributed by atoms with Crippen LogP contribution in [0.2, 0.25) is 0 Å². The van der Waals surface area contributed by atoms with Crippen LogP contribution in [0.5, 0.6) is 0 Å². The summed E-state index contributed by atoms with van der Waals surface area (Å²) in [6.07, 6.45) is 2.29. The van der Waals surface area contributed by atoms with E-state index < -0.39 is 0 Å². The Bertz CT molecular complexity index is 549. The molecule has 1 aromatic carbocycles. The van der Waals surface area contributed by atoms with Gasteiger partial charge < -0.3 is 9.30 Å². The van der Waals surface area contributed by atoms with Crippen LogP contribution in [-0.4, -0.2) is 17.3 Å². The van der Waals surface area contributed by atoms with Crippen molar-refractivity contribution in [3.05, 3.63) is 36.0 Å². The molecule has 0 saturated carbocycles. The van der Waals surface area contributed by atoms with Crippen LogP contribution in [0, 0.1) is 11.3 Å². The highest BCUT2D eigenvalue weighted by atomic mass is 16.5. The van der Waals surface area contributed by atoms with Gasteiger partial charge >= 0.3 is 0 Å². The minimum absolute atomic E-state index is 0.256. The molecular weight excluding hydrogens is 212 g/mol. The van der Waals surface area contributed by atoms with Crippen LogP contribution in [0.1, 0.15) is 19.4 Å². The number of nitrogens with zero attached hydrogens (tertiary/aromatic N) is 2. The van der Waals surface area contributed by atoms with Crippen molar-refractivity contribution in [1.29, 1.82) is 5.26 Å². The number of rotatable bonds is 4. The molecule has 0 radical (unpaired) electrons. The van der Waals surface area contributed by atoms with Crippen molar-refractivity contribution in [1.82, 2.24) is 4.57 Å². The molecule has 0 atom stereocenters. The summed E-state index contributed by atoms with van der Waals surface area (Å²) in [7, 11) is 0. The van der Waals surface area contributed by atoms with E-state index in [1.807, 2.05) is 38.2 Å². The van der Waals surface area contributed by atoms with Gasteiger partial charge in [0.2, 0.25) is 0 Å². The van der Waals surface area contributed by atoms with Gasteiger partial charge in [0.25, 0.3) is 0 Å². The van der Waals surface area contributed by atoms with E-state index in [4.69, 9.17) is 10.00 Å². The highest BCUT2D eigenvalue weighted by Crippen LogP contribution is 2.17. The van der Waals surface area contributed by atoms with Crippen LogP contribution < -0.4 is 0 Å². The zero-order valence-electron chi connectivity index (χ0n) is 10.2. The smallest absolute Gasteiger partial charge is 0.0992 e. The largest absolute Gasteiger partial charge is 0.377 e. The Morgan fingerprint density at radius 1 is 1.35 bits per heavy atom. The van der Waals surface area contributed by atoms with Gasteiger partial charge in [-0.05, 0) is 37.4 Å². The number of ether oxygens (including phenoxy) is 1. The zero-order valence-corrected chi connectivity index (χ0v) is 10.2. The monoisotopic (exact) mass is 228 g/mol. The Labute approximate surface area is 101 Å². The molecule has 0 aliphatic rings. The van der Waals surface area contributed by atoms with Crippen LogP contribution in [0.25, 0.3) is 10.9 Å². The van der Waals surface area contributed by atoms with E-state index in [0.29, 0.717) is 12.2 Å². The van der Waals surface area contributed by atoms with Crippen molar-refractivity contribution in [3.63, 3.8) is 0 Å². The fourth-order valence-corrected chi connectivity index (χ4v) is 1.84. The Morgan fingerprint density at radius 2 is 2.18 bits per heavy atom. The van der Waals surface area contributed by atoms with Crippen molar-refractivity contribution in [2.75, 3.05) is 6.61 Å². The highest BCUT2D eigenvalue weighted by molar-refractivity contribution is 5.81. The summed E-state index contributed by atoms with van der Waals surface area (Å²) in [5.41, 5.74) is 1.79. The molecule has 88 valence electrons. The van der Waals surface area contributed by atoms with Gasteiger partial charge in [-0.25, -0.2) is 0 Å². The predicted molar refractivity (Wildman–Crippen MR) is 67.7 cm³/mol. The molecule has 2 rings (SSSR count). The first-order valence-corrected chi connectivity index (χ1v) is 5.81. The molecule has 3 heteroatoms. The van der Waals surface area contributed by atoms with Gasteiger partial charge in [-0.2, -0.15) is 5.26 Å². The first-order valence-electron chi connectivity index (χ1n) is 5.81. The predicted octanol–water partition coefficient (Wildman–Crippen LogP) is 2.94. The standard InChI is InChI=1S/C14H16N2O/c1-11(2)17-8-7-16-6-5-13-4-3-12(10-15)9-14(13)16/h3-6,9,11H,7-8H2,1-2H3. The maximum absolute atomic E-state index is 8.89. The van der Waals surface area contributed by atoms with Gasteiger partial charge in [-0.3, -0.25) is 0 Å². The van der Waals surface area contributed by atoms with E-state index in [1.54, 1.807) is 0 Å². The van der Waals surface area contributed by atoms with Gasteiger partial charge in [0.15, 0.2) is 0 Å².